The van der Waals surface area contributed by atoms with Gasteiger partial charge in [-0.15, -0.1) is 0 Å². The van der Waals surface area contributed by atoms with E-state index in [1.807, 2.05) is 36.4 Å². The summed E-state index contributed by atoms with van der Waals surface area (Å²) in [7, 11) is 0. The SMILES string of the molecule is O=C(Nc1ccc(I)cc1)c1cc(N2CCCC2)ccn1. The Bertz CT molecular complexity index is 636. The minimum Gasteiger partial charge on any atom is -0.371 e. The second-order valence-corrected chi connectivity index (χ2v) is 6.30. The maximum atomic E-state index is 12.3. The van der Waals surface area contributed by atoms with Crippen molar-refractivity contribution in [2.75, 3.05) is 23.3 Å². The summed E-state index contributed by atoms with van der Waals surface area (Å²) in [5, 5.41) is 2.88. The van der Waals surface area contributed by atoms with E-state index in [0.29, 0.717) is 5.69 Å². The highest BCUT2D eigenvalue weighted by Crippen LogP contribution is 2.20. The van der Waals surface area contributed by atoms with E-state index in [1.165, 1.54) is 12.8 Å². The summed E-state index contributed by atoms with van der Waals surface area (Å²) in [6, 6.07) is 11.5. The number of hydrogen-bond acceptors (Lipinski definition) is 3. The summed E-state index contributed by atoms with van der Waals surface area (Å²) < 4.78 is 1.14. The molecule has 108 valence electrons. The van der Waals surface area contributed by atoms with Gasteiger partial charge in [-0.2, -0.15) is 0 Å². The Labute approximate surface area is 137 Å². The van der Waals surface area contributed by atoms with Crippen molar-refractivity contribution >= 4 is 39.9 Å². The van der Waals surface area contributed by atoms with E-state index in [4.69, 9.17) is 0 Å². The van der Waals surface area contributed by atoms with Crippen LogP contribution in [0.3, 0.4) is 0 Å². The van der Waals surface area contributed by atoms with Crippen LogP contribution in [0.2, 0.25) is 0 Å². The van der Waals surface area contributed by atoms with E-state index in [2.05, 4.69) is 37.8 Å². The predicted octanol–water partition coefficient (Wildman–Crippen LogP) is 3.54. The largest absolute Gasteiger partial charge is 0.371 e. The highest BCUT2D eigenvalue weighted by Gasteiger charge is 2.15. The number of carbonyl (C=O) groups is 1. The van der Waals surface area contributed by atoms with Gasteiger partial charge in [0.2, 0.25) is 0 Å². The molecule has 1 aliphatic rings. The van der Waals surface area contributed by atoms with Crippen molar-refractivity contribution in [2.45, 2.75) is 12.8 Å². The number of nitrogens with one attached hydrogen (secondary N) is 1. The van der Waals surface area contributed by atoms with Gasteiger partial charge in [-0.3, -0.25) is 9.78 Å². The van der Waals surface area contributed by atoms with Gasteiger partial charge >= 0.3 is 0 Å². The standard InChI is InChI=1S/C16H16IN3O/c17-12-3-5-13(6-4-12)19-16(21)15-11-14(7-8-18-15)20-9-1-2-10-20/h3-8,11H,1-2,9-10H2,(H,19,21). The van der Waals surface area contributed by atoms with Gasteiger partial charge < -0.3 is 10.2 Å². The van der Waals surface area contributed by atoms with E-state index in [9.17, 15) is 4.79 Å². The van der Waals surface area contributed by atoms with Crippen molar-refractivity contribution in [3.63, 3.8) is 0 Å². The summed E-state index contributed by atoms with van der Waals surface area (Å²) in [6.07, 6.45) is 4.13. The molecule has 3 rings (SSSR count). The monoisotopic (exact) mass is 393 g/mol. The molecule has 0 bridgehead atoms. The van der Waals surface area contributed by atoms with Crippen LogP contribution in [0, 0.1) is 3.57 Å². The molecule has 1 N–H and O–H groups in total. The Balaban J connectivity index is 1.74. The van der Waals surface area contributed by atoms with Crippen molar-refractivity contribution in [2.24, 2.45) is 0 Å². The third kappa shape index (κ3) is 3.53. The minimum absolute atomic E-state index is 0.169. The third-order valence-electron chi connectivity index (χ3n) is 3.55. The van der Waals surface area contributed by atoms with Crippen molar-refractivity contribution in [3.05, 3.63) is 51.9 Å². The van der Waals surface area contributed by atoms with Crippen LogP contribution in [0.5, 0.6) is 0 Å². The van der Waals surface area contributed by atoms with Crippen LogP contribution in [-0.2, 0) is 0 Å². The van der Waals surface area contributed by atoms with Crippen LogP contribution in [0.15, 0.2) is 42.6 Å². The lowest BCUT2D eigenvalue weighted by molar-refractivity contribution is 0.102. The number of nitrogens with zero attached hydrogens (tertiary/aromatic N) is 2. The minimum atomic E-state index is -0.169. The lowest BCUT2D eigenvalue weighted by atomic mass is 10.2. The number of anilines is 2. The number of halogens is 1. The fourth-order valence-corrected chi connectivity index (χ4v) is 2.80. The van der Waals surface area contributed by atoms with Crippen molar-refractivity contribution < 1.29 is 4.79 Å². The van der Waals surface area contributed by atoms with Gasteiger partial charge in [0, 0.05) is 34.2 Å². The number of benzene rings is 1. The summed E-state index contributed by atoms with van der Waals surface area (Å²) >= 11 is 2.24. The van der Waals surface area contributed by atoms with Crippen LogP contribution in [0.4, 0.5) is 11.4 Å². The molecule has 2 heterocycles. The summed E-state index contributed by atoms with van der Waals surface area (Å²) in [6.45, 7) is 2.12. The zero-order valence-electron chi connectivity index (χ0n) is 11.6. The normalized spacial score (nSPS) is 14.2. The first-order valence-electron chi connectivity index (χ1n) is 7.00. The molecule has 1 fully saturated rings. The summed E-state index contributed by atoms with van der Waals surface area (Å²) in [4.78, 5) is 18.8. The quantitative estimate of drug-likeness (QED) is 0.812. The third-order valence-corrected chi connectivity index (χ3v) is 4.27. The average molecular weight is 393 g/mol. The van der Waals surface area contributed by atoms with E-state index in [-0.39, 0.29) is 5.91 Å². The van der Waals surface area contributed by atoms with Crippen molar-refractivity contribution in [3.8, 4) is 0 Å². The van der Waals surface area contributed by atoms with Gasteiger partial charge in [-0.25, -0.2) is 0 Å². The first kappa shape index (κ1) is 14.3. The molecular weight excluding hydrogens is 377 g/mol. The number of rotatable bonds is 3. The molecule has 0 unspecified atom stereocenters. The van der Waals surface area contributed by atoms with E-state index in [0.717, 1.165) is 28.0 Å². The van der Waals surface area contributed by atoms with Crippen LogP contribution < -0.4 is 10.2 Å². The summed E-state index contributed by atoms with van der Waals surface area (Å²) in [5.41, 5.74) is 2.32. The number of amides is 1. The Kier molecular flexibility index (Phi) is 4.38. The van der Waals surface area contributed by atoms with Gasteiger partial charge in [0.05, 0.1) is 0 Å². The molecule has 0 aliphatic carbocycles. The molecule has 1 saturated heterocycles. The average Bonchev–Trinajstić information content (AvgIpc) is 3.04. The predicted molar refractivity (Wildman–Crippen MR) is 92.8 cm³/mol. The van der Waals surface area contributed by atoms with Crippen LogP contribution in [0.25, 0.3) is 0 Å². The highest BCUT2D eigenvalue weighted by molar-refractivity contribution is 14.1. The van der Waals surface area contributed by atoms with Crippen molar-refractivity contribution in [1.82, 2.24) is 4.98 Å². The molecular formula is C16H16IN3O. The fraction of sp³-hybridized carbons (Fsp3) is 0.250. The lowest BCUT2D eigenvalue weighted by Crippen LogP contribution is -2.19. The van der Waals surface area contributed by atoms with Gasteiger partial charge in [0.1, 0.15) is 5.69 Å². The Morgan fingerprint density at radius 3 is 2.57 bits per heavy atom. The van der Waals surface area contributed by atoms with E-state index < -0.39 is 0 Å². The molecule has 1 aromatic heterocycles. The highest BCUT2D eigenvalue weighted by atomic mass is 127. The second kappa shape index (κ2) is 6.43. The van der Waals surface area contributed by atoms with Crippen LogP contribution in [0.1, 0.15) is 23.3 Å². The van der Waals surface area contributed by atoms with Crippen molar-refractivity contribution in [1.29, 1.82) is 0 Å². The first-order chi connectivity index (χ1) is 10.2. The molecule has 2 aromatic rings. The Hall–Kier alpha value is -1.63. The van der Waals surface area contributed by atoms with Gasteiger partial charge in [-0.05, 0) is 71.8 Å². The topological polar surface area (TPSA) is 45.2 Å². The number of carbonyl (C=O) groups excluding carboxylic acids is 1. The molecule has 5 heteroatoms. The molecule has 0 saturated carbocycles. The lowest BCUT2D eigenvalue weighted by Gasteiger charge is -2.17. The number of aromatic nitrogens is 1. The molecule has 0 radical (unpaired) electrons. The van der Waals surface area contributed by atoms with E-state index >= 15 is 0 Å². The van der Waals surface area contributed by atoms with Crippen LogP contribution in [-0.4, -0.2) is 24.0 Å². The fourth-order valence-electron chi connectivity index (χ4n) is 2.44. The summed E-state index contributed by atoms with van der Waals surface area (Å²) in [5.74, 6) is -0.169. The maximum Gasteiger partial charge on any atom is 0.274 e. The number of hydrogen-bond donors (Lipinski definition) is 1. The molecule has 4 nitrogen and oxygen atoms in total. The Morgan fingerprint density at radius 1 is 1.14 bits per heavy atom. The van der Waals surface area contributed by atoms with Gasteiger partial charge in [0.25, 0.3) is 5.91 Å². The zero-order valence-corrected chi connectivity index (χ0v) is 13.7. The van der Waals surface area contributed by atoms with Gasteiger partial charge in [0.15, 0.2) is 0 Å². The smallest absolute Gasteiger partial charge is 0.274 e. The number of pyridine rings is 1. The first-order valence-corrected chi connectivity index (χ1v) is 8.08. The molecule has 1 amide bonds. The molecule has 1 aromatic carbocycles. The maximum absolute atomic E-state index is 12.3. The zero-order chi connectivity index (χ0) is 14.7. The molecule has 0 spiro atoms. The van der Waals surface area contributed by atoms with Crippen LogP contribution >= 0.6 is 22.6 Å². The Morgan fingerprint density at radius 2 is 1.86 bits per heavy atom. The van der Waals surface area contributed by atoms with Gasteiger partial charge in [-0.1, -0.05) is 0 Å². The molecule has 1 aliphatic heterocycles. The molecule has 21 heavy (non-hydrogen) atoms. The second-order valence-electron chi connectivity index (χ2n) is 5.05. The van der Waals surface area contributed by atoms with E-state index in [1.54, 1.807) is 6.20 Å². The molecule has 0 atom stereocenters.